The standard InChI is InChI=1S/C9H14N2O4/c1-9(2,3-4-12)11-8-10-6(5-15-8)7(13)14/h5,12H,3-4H2,1-2H3,(H,10,11)(H,13,14). The van der Waals surface area contributed by atoms with Gasteiger partial charge in [-0.1, -0.05) is 0 Å². The highest BCUT2D eigenvalue weighted by atomic mass is 16.4. The second kappa shape index (κ2) is 4.31. The molecule has 3 N–H and O–H groups in total. The molecule has 0 unspecified atom stereocenters. The molecule has 0 saturated carbocycles. The zero-order valence-electron chi connectivity index (χ0n) is 8.65. The number of nitrogens with zero attached hydrogens (tertiary/aromatic N) is 1. The fraction of sp³-hybridized carbons (Fsp3) is 0.556. The largest absolute Gasteiger partial charge is 0.476 e. The Kier molecular flexibility index (Phi) is 3.31. The first-order valence-corrected chi connectivity index (χ1v) is 4.52. The van der Waals surface area contributed by atoms with Crippen LogP contribution in [-0.2, 0) is 0 Å². The number of aliphatic hydroxyl groups is 1. The molecule has 1 aromatic rings. The second-order valence-corrected chi connectivity index (χ2v) is 3.83. The normalized spacial score (nSPS) is 11.4. The lowest BCUT2D eigenvalue weighted by atomic mass is 10.0. The number of hydrogen-bond donors (Lipinski definition) is 3. The van der Waals surface area contributed by atoms with E-state index >= 15 is 0 Å². The zero-order valence-corrected chi connectivity index (χ0v) is 8.65. The molecule has 1 rings (SSSR count). The number of carboxylic acids is 1. The van der Waals surface area contributed by atoms with Gasteiger partial charge in [-0.25, -0.2) is 4.79 Å². The second-order valence-electron chi connectivity index (χ2n) is 3.83. The maximum atomic E-state index is 10.5. The van der Waals surface area contributed by atoms with Gasteiger partial charge in [-0.2, -0.15) is 4.98 Å². The molecule has 1 heterocycles. The summed E-state index contributed by atoms with van der Waals surface area (Å²) in [6.07, 6.45) is 1.58. The van der Waals surface area contributed by atoms with Gasteiger partial charge in [-0.05, 0) is 20.3 Å². The van der Waals surface area contributed by atoms with Crippen LogP contribution in [0.1, 0.15) is 30.8 Å². The highest BCUT2D eigenvalue weighted by Crippen LogP contribution is 2.17. The summed E-state index contributed by atoms with van der Waals surface area (Å²) in [7, 11) is 0. The van der Waals surface area contributed by atoms with E-state index in [0.29, 0.717) is 6.42 Å². The molecule has 0 saturated heterocycles. The fourth-order valence-corrected chi connectivity index (χ4v) is 1.06. The van der Waals surface area contributed by atoms with Crippen molar-refractivity contribution in [1.29, 1.82) is 0 Å². The molecule has 0 bridgehead atoms. The predicted molar refractivity (Wildman–Crippen MR) is 52.9 cm³/mol. The van der Waals surface area contributed by atoms with Gasteiger partial charge in [0.1, 0.15) is 6.26 Å². The Morgan fingerprint density at radius 3 is 2.80 bits per heavy atom. The van der Waals surface area contributed by atoms with Crippen LogP contribution in [-0.4, -0.2) is 33.3 Å². The summed E-state index contributed by atoms with van der Waals surface area (Å²) in [5.74, 6) is -1.13. The SMILES string of the molecule is CC(C)(CCO)Nc1nc(C(=O)O)co1. The molecule has 15 heavy (non-hydrogen) atoms. The van der Waals surface area contributed by atoms with E-state index in [2.05, 4.69) is 10.3 Å². The van der Waals surface area contributed by atoms with Crippen LogP contribution in [0, 0.1) is 0 Å². The van der Waals surface area contributed by atoms with Crippen LogP contribution in [0.4, 0.5) is 6.01 Å². The summed E-state index contributed by atoms with van der Waals surface area (Å²) < 4.78 is 4.92. The monoisotopic (exact) mass is 214 g/mol. The molecule has 0 fully saturated rings. The zero-order chi connectivity index (χ0) is 11.5. The average Bonchev–Trinajstić information content (AvgIpc) is 2.51. The van der Waals surface area contributed by atoms with Crippen molar-refractivity contribution in [2.75, 3.05) is 11.9 Å². The molecule has 0 radical (unpaired) electrons. The smallest absolute Gasteiger partial charge is 0.357 e. The highest BCUT2D eigenvalue weighted by Gasteiger charge is 2.20. The Labute approximate surface area is 86.9 Å². The predicted octanol–water partition coefficient (Wildman–Crippen LogP) is 0.946. The lowest BCUT2D eigenvalue weighted by Gasteiger charge is -2.23. The number of anilines is 1. The first-order valence-electron chi connectivity index (χ1n) is 4.52. The van der Waals surface area contributed by atoms with Crippen LogP contribution >= 0.6 is 0 Å². The van der Waals surface area contributed by atoms with E-state index in [9.17, 15) is 4.79 Å². The van der Waals surface area contributed by atoms with Crippen molar-refractivity contribution in [3.63, 3.8) is 0 Å². The Morgan fingerprint density at radius 2 is 2.33 bits per heavy atom. The Morgan fingerprint density at radius 1 is 1.67 bits per heavy atom. The van der Waals surface area contributed by atoms with Gasteiger partial charge in [0, 0.05) is 12.1 Å². The highest BCUT2D eigenvalue weighted by molar-refractivity contribution is 5.85. The fourth-order valence-electron chi connectivity index (χ4n) is 1.06. The van der Waals surface area contributed by atoms with E-state index in [1.54, 1.807) is 0 Å². The van der Waals surface area contributed by atoms with Gasteiger partial charge in [0.25, 0.3) is 6.01 Å². The van der Waals surface area contributed by atoms with Crippen LogP contribution in [0.5, 0.6) is 0 Å². The Hall–Kier alpha value is -1.56. The van der Waals surface area contributed by atoms with Crippen LogP contribution in [0.25, 0.3) is 0 Å². The molecule has 0 aromatic carbocycles. The van der Waals surface area contributed by atoms with Gasteiger partial charge < -0.3 is 19.9 Å². The van der Waals surface area contributed by atoms with Crippen molar-refractivity contribution in [2.24, 2.45) is 0 Å². The maximum absolute atomic E-state index is 10.5. The van der Waals surface area contributed by atoms with Crippen molar-refractivity contribution in [1.82, 2.24) is 4.98 Å². The summed E-state index contributed by atoms with van der Waals surface area (Å²) >= 11 is 0. The summed E-state index contributed by atoms with van der Waals surface area (Å²) in [5, 5.41) is 20.3. The lowest BCUT2D eigenvalue weighted by Crippen LogP contribution is -2.32. The molecule has 6 heteroatoms. The molecule has 0 amide bonds. The quantitative estimate of drug-likeness (QED) is 0.675. The third kappa shape index (κ3) is 3.25. The molecule has 0 aliphatic heterocycles. The van der Waals surface area contributed by atoms with E-state index < -0.39 is 11.5 Å². The van der Waals surface area contributed by atoms with Gasteiger partial charge in [0.05, 0.1) is 0 Å². The molecule has 0 spiro atoms. The van der Waals surface area contributed by atoms with E-state index in [1.807, 2.05) is 13.8 Å². The van der Waals surface area contributed by atoms with Crippen molar-refractivity contribution < 1.29 is 19.4 Å². The molecule has 0 aliphatic rings. The number of hydrogen-bond acceptors (Lipinski definition) is 5. The number of rotatable bonds is 5. The summed E-state index contributed by atoms with van der Waals surface area (Å²) in [4.78, 5) is 14.2. The minimum atomic E-state index is -1.13. The number of aromatic nitrogens is 1. The molecule has 6 nitrogen and oxygen atoms in total. The van der Waals surface area contributed by atoms with Crippen molar-refractivity contribution in [3.8, 4) is 0 Å². The van der Waals surface area contributed by atoms with Gasteiger partial charge >= 0.3 is 5.97 Å². The van der Waals surface area contributed by atoms with Crippen molar-refractivity contribution in [3.05, 3.63) is 12.0 Å². The van der Waals surface area contributed by atoms with E-state index in [4.69, 9.17) is 14.6 Å². The Bertz CT molecular complexity index is 346. The van der Waals surface area contributed by atoms with Crippen LogP contribution in [0.3, 0.4) is 0 Å². The van der Waals surface area contributed by atoms with Gasteiger partial charge in [0.2, 0.25) is 0 Å². The first-order chi connectivity index (χ1) is 6.94. The van der Waals surface area contributed by atoms with Crippen LogP contribution in [0.15, 0.2) is 10.7 Å². The van der Waals surface area contributed by atoms with Crippen LogP contribution < -0.4 is 5.32 Å². The Balaban J connectivity index is 2.68. The molecule has 0 atom stereocenters. The third-order valence-corrected chi connectivity index (χ3v) is 1.91. The summed E-state index contributed by atoms with van der Waals surface area (Å²) in [5.41, 5.74) is -0.535. The lowest BCUT2D eigenvalue weighted by molar-refractivity contribution is 0.0690. The van der Waals surface area contributed by atoms with Crippen LogP contribution in [0.2, 0.25) is 0 Å². The third-order valence-electron chi connectivity index (χ3n) is 1.91. The minimum Gasteiger partial charge on any atom is -0.476 e. The average molecular weight is 214 g/mol. The number of aromatic carboxylic acids is 1. The first kappa shape index (κ1) is 11.5. The summed E-state index contributed by atoms with van der Waals surface area (Å²) in [6.45, 7) is 3.74. The van der Waals surface area contributed by atoms with E-state index in [-0.39, 0.29) is 18.3 Å². The molecular weight excluding hydrogens is 200 g/mol. The number of aliphatic hydroxyl groups excluding tert-OH is 1. The van der Waals surface area contributed by atoms with E-state index in [1.165, 1.54) is 0 Å². The molecule has 84 valence electrons. The maximum Gasteiger partial charge on any atom is 0.357 e. The molecular formula is C9H14N2O4. The van der Waals surface area contributed by atoms with Gasteiger partial charge in [0.15, 0.2) is 5.69 Å². The number of oxazole rings is 1. The minimum absolute atomic E-state index is 0.0342. The van der Waals surface area contributed by atoms with Crippen molar-refractivity contribution in [2.45, 2.75) is 25.8 Å². The number of carbonyl (C=O) groups is 1. The van der Waals surface area contributed by atoms with Gasteiger partial charge in [-0.15, -0.1) is 0 Å². The number of carboxylic acid groups (broad SMARTS) is 1. The number of nitrogens with one attached hydrogen (secondary N) is 1. The topological polar surface area (TPSA) is 95.6 Å². The van der Waals surface area contributed by atoms with E-state index in [0.717, 1.165) is 6.26 Å². The molecule has 1 aromatic heterocycles. The van der Waals surface area contributed by atoms with Crippen molar-refractivity contribution >= 4 is 12.0 Å². The molecule has 0 aliphatic carbocycles. The summed E-state index contributed by atoms with van der Waals surface area (Å²) in [6, 6.07) is 0.144. The van der Waals surface area contributed by atoms with Gasteiger partial charge in [-0.3, -0.25) is 0 Å².